The van der Waals surface area contributed by atoms with Gasteiger partial charge in [-0.2, -0.15) is 0 Å². The second-order valence-corrected chi connectivity index (χ2v) is 10.2. The number of aromatic nitrogens is 1. The Hall–Kier alpha value is -2.71. The molecule has 1 aromatic heterocycles. The summed E-state index contributed by atoms with van der Waals surface area (Å²) in [5.74, 6) is 0.632. The molecule has 162 valence electrons. The van der Waals surface area contributed by atoms with Crippen molar-refractivity contribution >= 4 is 24.3 Å². The lowest BCUT2D eigenvalue weighted by atomic mass is 10.1. The molecule has 2 aromatic carbocycles. The Balaban J connectivity index is 1.43. The highest BCUT2D eigenvalue weighted by Crippen LogP contribution is 2.63. The van der Waals surface area contributed by atoms with Crippen LogP contribution in [-0.4, -0.2) is 45.0 Å². The number of rotatable bonds is 8. The van der Waals surface area contributed by atoms with Crippen LogP contribution in [0.15, 0.2) is 48.7 Å². The first kappa shape index (κ1) is 20.2. The molecule has 2 fully saturated rings. The van der Waals surface area contributed by atoms with Gasteiger partial charge in [0.05, 0.1) is 11.0 Å². The molecule has 3 heterocycles. The number of hydrogen-bond donors (Lipinski definition) is 0. The molecule has 0 radical (unpaired) electrons. The summed E-state index contributed by atoms with van der Waals surface area (Å²) in [7, 11) is -1.06. The summed E-state index contributed by atoms with van der Waals surface area (Å²) < 4.78 is 30.9. The second kappa shape index (κ2) is 7.46. The minimum Gasteiger partial charge on any atom is -0.450 e. The zero-order chi connectivity index (χ0) is 21.8. The van der Waals surface area contributed by atoms with E-state index in [1.54, 1.807) is 25.1 Å². The molecule has 1 unspecified atom stereocenters. The SMILES string of the molecule is CC(OP(=O)(N1CC1)N1CC1)c1ccc([N+](=O)[O-])c(Oc2ccc3c(ccn3C)c2)c1. The van der Waals surface area contributed by atoms with Gasteiger partial charge in [-0.15, -0.1) is 0 Å². The zero-order valence-electron chi connectivity index (χ0n) is 17.3. The Labute approximate surface area is 179 Å². The lowest BCUT2D eigenvalue weighted by Crippen LogP contribution is -2.10. The van der Waals surface area contributed by atoms with Crippen LogP contribution in [0.3, 0.4) is 0 Å². The minimum absolute atomic E-state index is 0.126. The highest BCUT2D eigenvalue weighted by molar-refractivity contribution is 7.54. The lowest BCUT2D eigenvalue weighted by molar-refractivity contribution is -0.385. The van der Waals surface area contributed by atoms with Crippen molar-refractivity contribution in [2.24, 2.45) is 7.05 Å². The molecule has 0 spiro atoms. The van der Waals surface area contributed by atoms with Crippen molar-refractivity contribution in [3.05, 3.63) is 64.3 Å². The van der Waals surface area contributed by atoms with E-state index in [0.29, 0.717) is 11.3 Å². The van der Waals surface area contributed by atoms with Crippen LogP contribution in [0.2, 0.25) is 0 Å². The monoisotopic (exact) mass is 442 g/mol. The van der Waals surface area contributed by atoms with Gasteiger partial charge in [0.25, 0.3) is 0 Å². The number of nitro groups is 1. The molecule has 0 aliphatic carbocycles. The van der Waals surface area contributed by atoms with Crippen LogP contribution >= 0.6 is 7.67 Å². The van der Waals surface area contributed by atoms with Gasteiger partial charge in [-0.25, -0.2) is 9.34 Å². The summed E-state index contributed by atoms with van der Waals surface area (Å²) in [6.45, 7) is 4.85. The third-order valence-corrected chi connectivity index (χ3v) is 8.41. The van der Waals surface area contributed by atoms with Crippen molar-refractivity contribution in [3.8, 4) is 11.5 Å². The maximum Gasteiger partial charge on any atom is 0.346 e. The van der Waals surface area contributed by atoms with Gasteiger partial charge >= 0.3 is 13.4 Å². The number of benzene rings is 2. The van der Waals surface area contributed by atoms with E-state index >= 15 is 0 Å². The first-order valence-electron chi connectivity index (χ1n) is 10.2. The van der Waals surface area contributed by atoms with E-state index in [9.17, 15) is 14.7 Å². The Morgan fingerprint density at radius 2 is 1.77 bits per heavy atom. The topological polar surface area (TPSA) is 89.6 Å². The highest BCUT2D eigenvalue weighted by Gasteiger charge is 2.50. The largest absolute Gasteiger partial charge is 0.450 e. The van der Waals surface area contributed by atoms with Crippen LogP contribution < -0.4 is 4.74 Å². The summed E-state index contributed by atoms with van der Waals surface area (Å²) >= 11 is 0. The van der Waals surface area contributed by atoms with Crippen molar-refractivity contribution in [1.82, 2.24) is 13.9 Å². The molecule has 31 heavy (non-hydrogen) atoms. The van der Waals surface area contributed by atoms with Crippen molar-refractivity contribution in [1.29, 1.82) is 0 Å². The van der Waals surface area contributed by atoms with E-state index in [1.807, 2.05) is 45.4 Å². The van der Waals surface area contributed by atoms with Crippen LogP contribution in [0.1, 0.15) is 18.6 Å². The summed E-state index contributed by atoms with van der Waals surface area (Å²) in [6.07, 6.45) is 1.44. The fourth-order valence-electron chi connectivity index (χ4n) is 3.64. The molecule has 2 aliphatic heterocycles. The Bertz CT molecular complexity index is 1200. The zero-order valence-corrected chi connectivity index (χ0v) is 18.2. The predicted octanol–water partition coefficient (Wildman–Crippen LogP) is 4.70. The molecular weight excluding hydrogens is 419 g/mol. The summed E-state index contributed by atoms with van der Waals surface area (Å²) in [4.78, 5) is 11.1. The molecule has 2 saturated heterocycles. The highest BCUT2D eigenvalue weighted by atomic mass is 31.2. The molecule has 3 aromatic rings. The van der Waals surface area contributed by atoms with E-state index in [0.717, 1.165) is 37.1 Å². The average molecular weight is 442 g/mol. The maximum absolute atomic E-state index is 13.3. The van der Waals surface area contributed by atoms with Crippen molar-refractivity contribution in [2.45, 2.75) is 13.0 Å². The van der Waals surface area contributed by atoms with E-state index < -0.39 is 18.7 Å². The molecule has 0 N–H and O–H groups in total. The van der Waals surface area contributed by atoms with Gasteiger partial charge in [0, 0.05) is 56.4 Å². The lowest BCUT2D eigenvalue weighted by Gasteiger charge is -2.24. The molecule has 10 heteroatoms. The van der Waals surface area contributed by atoms with Gasteiger partial charge in [-0.05, 0) is 48.9 Å². The standard InChI is InChI=1S/C21H23N4O5P/c1-15(30-31(28,23-9-10-23)24-11-12-24)16-3-5-20(25(26)27)21(14-16)29-18-4-6-19-17(13-18)7-8-22(19)2/h3-8,13-15H,9-12H2,1-2H3. The quantitative estimate of drug-likeness (QED) is 0.216. The molecule has 0 amide bonds. The third-order valence-electron chi connectivity index (χ3n) is 5.59. The average Bonchev–Trinajstić information content (AvgIpc) is 3.65. The molecule has 0 saturated carbocycles. The number of nitro benzene ring substituents is 1. The van der Waals surface area contributed by atoms with Gasteiger partial charge < -0.3 is 9.30 Å². The number of ether oxygens (including phenoxy) is 1. The summed E-state index contributed by atoms with van der Waals surface area (Å²) in [5, 5.41) is 12.5. The Morgan fingerprint density at radius 3 is 2.42 bits per heavy atom. The smallest absolute Gasteiger partial charge is 0.346 e. The number of nitrogens with zero attached hydrogens (tertiary/aromatic N) is 4. The summed E-state index contributed by atoms with van der Waals surface area (Å²) in [5.41, 5.74) is 1.58. The predicted molar refractivity (Wildman–Crippen MR) is 116 cm³/mol. The fraction of sp³-hybridized carbons (Fsp3) is 0.333. The van der Waals surface area contributed by atoms with Gasteiger partial charge in [-0.3, -0.25) is 19.2 Å². The third kappa shape index (κ3) is 3.85. The van der Waals surface area contributed by atoms with Gasteiger partial charge in [0.1, 0.15) is 5.75 Å². The van der Waals surface area contributed by atoms with Crippen molar-refractivity contribution in [2.75, 3.05) is 26.2 Å². The second-order valence-electron chi connectivity index (χ2n) is 7.88. The van der Waals surface area contributed by atoms with Crippen molar-refractivity contribution < 1.29 is 18.7 Å². The van der Waals surface area contributed by atoms with E-state index in [2.05, 4.69) is 0 Å². The Kier molecular flexibility index (Phi) is 4.86. The summed E-state index contributed by atoms with van der Waals surface area (Å²) in [6, 6.07) is 12.1. The van der Waals surface area contributed by atoms with Crippen LogP contribution in [0.25, 0.3) is 10.9 Å². The number of aryl methyl sites for hydroxylation is 1. The first-order chi connectivity index (χ1) is 14.8. The first-order valence-corrected chi connectivity index (χ1v) is 11.7. The molecule has 2 aliphatic rings. The molecule has 0 bridgehead atoms. The fourth-order valence-corrected chi connectivity index (χ4v) is 5.99. The van der Waals surface area contributed by atoms with Crippen molar-refractivity contribution in [3.63, 3.8) is 0 Å². The maximum atomic E-state index is 13.3. The van der Waals surface area contributed by atoms with Gasteiger partial charge in [0.2, 0.25) is 5.75 Å². The van der Waals surface area contributed by atoms with E-state index in [4.69, 9.17) is 9.26 Å². The molecular formula is C21H23N4O5P. The number of hydrogen-bond acceptors (Lipinski definition) is 5. The van der Waals surface area contributed by atoms with Gasteiger partial charge in [0.15, 0.2) is 0 Å². The van der Waals surface area contributed by atoms with Crippen LogP contribution in [-0.2, 0) is 16.1 Å². The van der Waals surface area contributed by atoms with Crippen LogP contribution in [0.4, 0.5) is 5.69 Å². The number of fused-ring (bicyclic) bond motifs is 1. The van der Waals surface area contributed by atoms with Crippen LogP contribution in [0, 0.1) is 10.1 Å². The molecule has 9 nitrogen and oxygen atoms in total. The Morgan fingerprint density at radius 1 is 1.06 bits per heavy atom. The van der Waals surface area contributed by atoms with Gasteiger partial charge in [-0.1, -0.05) is 0 Å². The molecule has 1 atom stereocenters. The minimum atomic E-state index is -3.01. The molecule has 5 rings (SSSR count). The van der Waals surface area contributed by atoms with E-state index in [-0.39, 0.29) is 11.4 Å². The van der Waals surface area contributed by atoms with Crippen LogP contribution in [0.5, 0.6) is 11.5 Å². The van der Waals surface area contributed by atoms with E-state index in [1.165, 1.54) is 6.07 Å². The normalized spacial score (nSPS) is 17.6.